The molecule has 2 heterocycles. The lowest BCUT2D eigenvalue weighted by atomic mass is 9.91. The minimum Gasteiger partial charge on any atom is -0.444 e. The van der Waals surface area contributed by atoms with Crippen LogP contribution in [0.1, 0.15) is 46.5 Å². The summed E-state index contributed by atoms with van der Waals surface area (Å²) >= 11 is 0. The number of nitrogens with one attached hydrogen (secondary N) is 2. The molecule has 30 heavy (non-hydrogen) atoms. The van der Waals surface area contributed by atoms with Crippen molar-refractivity contribution in [3.8, 4) is 5.82 Å². The van der Waals surface area contributed by atoms with E-state index in [1.54, 1.807) is 6.20 Å². The Kier molecular flexibility index (Phi) is 5.57. The molecule has 0 bridgehead atoms. The summed E-state index contributed by atoms with van der Waals surface area (Å²) in [4.78, 5) is 21.0. The third-order valence-electron chi connectivity index (χ3n) is 5.12. The van der Waals surface area contributed by atoms with Crippen molar-refractivity contribution in [1.29, 1.82) is 0 Å². The van der Waals surface area contributed by atoms with E-state index in [4.69, 9.17) is 4.74 Å². The van der Waals surface area contributed by atoms with E-state index >= 15 is 0 Å². The number of ether oxygens (including phenoxy) is 1. The predicted molar refractivity (Wildman–Crippen MR) is 116 cm³/mol. The fraction of sp³-hybridized carbons (Fsp3) is 0.455. The van der Waals surface area contributed by atoms with Crippen LogP contribution < -0.4 is 10.6 Å². The summed E-state index contributed by atoms with van der Waals surface area (Å²) in [5, 5.41) is 11.9. The van der Waals surface area contributed by atoms with Gasteiger partial charge in [-0.25, -0.2) is 14.5 Å². The molecule has 158 valence electrons. The highest BCUT2D eigenvalue weighted by molar-refractivity contribution is 5.79. The highest BCUT2D eigenvalue weighted by Gasteiger charge is 2.25. The van der Waals surface area contributed by atoms with Gasteiger partial charge in [-0.2, -0.15) is 10.1 Å². The summed E-state index contributed by atoms with van der Waals surface area (Å²) in [5.41, 5.74) is 0.529. The maximum atomic E-state index is 12.0. The van der Waals surface area contributed by atoms with Crippen LogP contribution in [-0.2, 0) is 4.74 Å². The fourth-order valence-electron chi connectivity index (χ4n) is 3.73. The van der Waals surface area contributed by atoms with Gasteiger partial charge in [0.1, 0.15) is 5.60 Å². The van der Waals surface area contributed by atoms with E-state index in [1.165, 1.54) is 0 Å². The third-order valence-corrected chi connectivity index (χ3v) is 5.12. The average molecular weight is 409 g/mol. The van der Waals surface area contributed by atoms with Crippen LogP contribution in [0.25, 0.3) is 16.7 Å². The van der Waals surface area contributed by atoms with Gasteiger partial charge in [0.05, 0.1) is 11.7 Å². The zero-order valence-electron chi connectivity index (χ0n) is 17.6. The Morgan fingerprint density at radius 3 is 2.60 bits per heavy atom. The zero-order valence-corrected chi connectivity index (χ0v) is 17.6. The average Bonchev–Trinajstić information content (AvgIpc) is 3.12. The Labute approximate surface area is 176 Å². The lowest BCUT2D eigenvalue weighted by molar-refractivity contribution is 0.0492. The van der Waals surface area contributed by atoms with E-state index in [1.807, 2.05) is 62.0 Å². The number of anilines is 1. The van der Waals surface area contributed by atoms with Crippen LogP contribution in [0.3, 0.4) is 0 Å². The highest BCUT2D eigenvalue weighted by atomic mass is 16.6. The summed E-state index contributed by atoms with van der Waals surface area (Å²) in [5.74, 6) is 1.32. The van der Waals surface area contributed by atoms with E-state index in [0.29, 0.717) is 5.95 Å². The lowest BCUT2D eigenvalue weighted by Crippen LogP contribution is -2.42. The SMILES string of the molecule is CC(C)(C)OC(=O)NC1CCC(Nc2nccc(-n3ncc4ccccc43)n2)CC1. The molecule has 0 radical (unpaired) electrons. The Balaban J connectivity index is 1.35. The van der Waals surface area contributed by atoms with Gasteiger partial charge in [0.25, 0.3) is 0 Å². The van der Waals surface area contributed by atoms with Gasteiger partial charge < -0.3 is 15.4 Å². The maximum absolute atomic E-state index is 12.0. The predicted octanol–water partition coefficient (Wildman–Crippen LogP) is 4.06. The van der Waals surface area contributed by atoms with Gasteiger partial charge in [0.2, 0.25) is 5.95 Å². The minimum absolute atomic E-state index is 0.139. The normalized spacial score (nSPS) is 19.4. The molecule has 8 nitrogen and oxygen atoms in total. The molecular weight excluding hydrogens is 380 g/mol. The van der Waals surface area contributed by atoms with Crippen LogP contribution in [0.2, 0.25) is 0 Å². The second-order valence-electron chi connectivity index (χ2n) is 8.69. The van der Waals surface area contributed by atoms with Crippen molar-refractivity contribution in [2.75, 3.05) is 5.32 Å². The molecule has 1 saturated carbocycles. The molecular formula is C22H28N6O2. The molecule has 4 rings (SSSR count). The van der Waals surface area contributed by atoms with Gasteiger partial charge in [-0.1, -0.05) is 18.2 Å². The molecule has 3 aromatic rings. The van der Waals surface area contributed by atoms with Crippen molar-refractivity contribution in [2.24, 2.45) is 0 Å². The van der Waals surface area contributed by atoms with Gasteiger partial charge in [-0.3, -0.25) is 0 Å². The first-order valence-corrected chi connectivity index (χ1v) is 10.4. The number of amides is 1. The molecule has 8 heteroatoms. The first-order chi connectivity index (χ1) is 14.4. The van der Waals surface area contributed by atoms with E-state index < -0.39 is 5.60 Å². The number of aromatic nitrogens is 4. The maximum Gasteiger partial charge on any atom is 0.407 e. The number of fused-ring (bicyclic) bond motifs is 1. The second-order valence-corrected chi connectivity index (χ2v) is 8.69. The summed E-state index contributed by atoms with van der Waals surface area (Å²) in [6, 6.07) is 10.3. The number of alkyl carbamates (subject to hydrolysis) is 1. The summed E-state index contributed by atoms with van der Waals surface area (Å²) in [6.45, 7) is 5.61. The molecule has 2 N–H and O–H groups in total. The molecule has 1 fully saturated rings. The molecule has 0 saturated heterocycles. The van der Waals surface area contributed by atoms with Gasteiger partial charge in [0, 0.05) is 29.7 Å². The monoisotopic (exact) mass is 408 g/mol. The number of carbonyl (C=O) groups excluding carboxylic acids is 1. The van der Waals surface area contributed by atoms with Crippen LogP contribution in [0.15, 0.2) is 42.7 Å². The number of carbonyl (C=O) groups is 1. The van der Waals surface area contributed by atoms with Crippen LogP contribution in [0, 0.1) is 0 Å². The van der Waals surface area contributed by atoms with Crippen molar-refractivity contribution < 1.29 is 9.53 Å². The smallest absolute Gasteiger partial charge is 0.407 e. The standard InChI is InChI=1S/C22H28N6O2/c1-22(2,3)30-21(29)26-17-10-8-16(9-11-17)25-20-23-13-12-19(27-20)28-18-7-5-4-6-15(18)14-24-28/h4-7,12-14,16-17H,8-11H2,1-3H3,(H,26,29)(H,23,25,27). The molecule has 1 amide bonds. The van der Waals surface area contributed by atoms with Crippen LogP contribution in [0.5, 0.6) is 0 Å². The van der Waals surface area contributed by atoms with E-state index in [9.17, 15) is 4.79 Å². The fourth-order valence-corrected chi connectivity index (χ4v) is 3.73. The Bertz CT molecular complexity index is 1020. The van der Waals surface area contributed by atoms with Crippen LogP contribution in [-0.4, -0.2) is 43.5 Å². The van der Waals surface area contributed by atoms with Crippen molar-refractivity contribution in [2.45, 2.75) is 64.1 Å². The topological polar surface area (TPSA) is 94.0 Å². The first kappa shape index (κ1) is 20.1. The largest absolute Gasteiger partial charge is 0.444 e. The Morgan fingerprint density at radius 1 is 1.10 bits per heavy atom. The molecule has 1 aliphatic carbocycles. The summed E-state index contributed by atoms with van der Waals surface area (Å²) < 4.78 is 7.17. The lowest BCUT2D eigenvalue weighted by Gasteiger charge is -2.30. The Morgan fingerprint density at radius 2 is 1.83 bits per heavy atom. The number of hydrogen-bond acceptors (Lipinski definition) is 6. The molecule has 0 atom stereocenters. The van der Waals surface area contributed by atoms with E-state index in [-0.39, 0.29) is 18.2 Å². The molecule has 0 unspecified atom stereocenters. The number of rotatable bonds is 4. The number of para-hydroxylation sites is 1. The van der Waals surface area contributed by atoms with Crippen molar-refractivity contribution in [1.82, 2.24) is 25.1 Å². The third kappa shape index (κ3) is 4.87. The zero-order chi connectivity index (χ0) is 21.1. The molecule has 1 aliphatic rings. The Hall–Kier alpha value is -3.16. The summed E-state index contributed by atoms with van der Waals surface area (Å²) in [7, 11) is 0. The van der Waals surface area contributed by atoms with Gasteiger partial charge in [-0.05, 0) is 52.5 Å². The molecule has 1 aromatic carbocycles. The van der Waals surface area contributed by atoms with E-state index in [2.05, 4.69) is 25.7 Å². The highest BCUT2D eigenvalue weighted by Crippen LogP contribution is 2.22. The van der Waals surface area contributed by atoms with E-state index in [0.717, 1.165) is 42.4 Å². The van der Waals surface area contributed by atoms with Gasteiger partial charge >= 0.3 is 6.09 Å². The van der Waals surface area contributed by atoms with Crippen molar-refractivity contribution >= 4 is 22.9 Å². The number of nitrogens with zero attached hydrogens (tertiary/aromatic N) is 4. The molecule has 2 aromatic heterocycles. The molecule has 0 aliphatic heterocycles. The van der Waals surface area contributed by atoms with Crippen LogP contribution in [0.4, 0.5) is 10.7 Å². The number of benzene rings is 1. The number of hydrogen-bond donors (Lipinski definition) is 2. The van der Waals surface area contributed by atoms with Crippen LogP contribution >= 0.6 is 0 Å². The molecule has 0 spiro atoms. The second kappa shape index (κ2) is 8.30. The summed E-state index contributed by atoms with van der Waals surface area (Å²) in [6.07, 6.45) is 6.87. The van der Waals surface area contributed by atoms with Gasteiger partial charge in [0.15, 0.2) is 5.82 Å². The minimum atomic E-state index is -0.481. The first-order valence-electron chi connectivity index (χ1n) is 10.4. The van der Waals surface area contributed by atoms with Crippen molar-refractivity contribution in [3.05, 3.63) is 42.7 Å². The van der Waals surface area contributed by atoms with Crippen molar-refractivity contribution in [3.63, 3.8) is 0 Å². The quantitative estimate of drug-likeness (QED) is 0.676. The van der Waals surface area contributed by atoms with Gasteiger partial charge in [-0.15, -0.1) is 0 Å².